The molecule has 0 bridgehead atoms. The zero-order valence-corrected chi connectivity index (χ0v) is 14.0. The van der Waals surface area contributed by atoms with Crippen LogP contribution in [-0.4, -0.2) is 51.8 Å². The molecule has 0 saturated heterocycles. The van der Waals surface area contributed by atoms with Crippen molar-refractivity contribution in [2.45, 2.75) is 20.3 Å². The molecule has 0 aromatic heterocycles. The van der Waals surface area contributed by atoms with E-state index in [1.165, 1.54) is 0 Å². The van der Waals surface area contributed by atoms with Crippen LogP contribution in [0.2, 0.25) is 0 Å². The molecule has 0 N–H and O–H groups in total. The Labute approximate surface area is 134 Å². The minimum absolute atomic E-state index is 0.0818. The van der Waals surface area contributed by atoms with Gasteiger partial charge in [-0.1, -0.05) is 20.4 Å². The normalized spacial score (nSPS) is 10.7. The Hall–Kier alpha value is -2.38. The van der Waals surface area contributed by atoms with Crippen molar-refractivity contribution < 1.29 is 38.1 Å². The number of carbonyl (C=O) groups excluding carboxylic acids is 4. The summed E-state index contributed by atoms with van der Waals surface area (Å²) in [6.45, 7) is 7.26. The van der Waals surface area contributed by atoms with E-state index in [0.29, 0.717) is 0 Å². The van der Waals surface area contributed by atoms with Gasteiger partial charge in [-0.05, 0) is 5.92 Å². The fourth-order valence-electron chi connectivity index (χ4n) is 1.73. The van der Waals surface area contributed by atoms with E-state index in [-0.39, 0.29) is 18.1 Å². The lowest BCUT2D eigenvalue weighted by atomic mass is 9.81. The van der Waals surface area contributed by atoms with Gasteiger partial charge >= 0.3 is 23.9 Å². The van der Waals surface area contributed by atoms with E-state index < -0.39 is 35.7 Å². The van der Waals surface area contributed by atoms with Crippen molar-refractivity contribution in [3.8, 4) is 0 Å². The smallest absolute Gasteiger partial charge is 0.335 e. The average molecular weight is 330 g/mol. The molecular formula is C15H22O8. The van der Waals surface area contributed by atoms with Gasteiger partial charge in [-0.15, -0.1) is 0 Å². The predicted octanol–water partition coefficient (Wildman–Crippen LogP) is 0.637. The molecule has 8 nitrogen and oxygen atoms in total. The second-order valence-electron chi connectivity index (χ2n) is 5.15. The van der Waals surface area contributed by atoms with E-state index in [2.05, 4.69) is 20.8 Å². The van der Waals surface area contributed by atoms with E-state index in [1.807, 2.05) is 13.8 Å². The molecule has 0 aliphatic carbocycles. The molecule has 0 rings (SSSR count). The first-order valence-electron chi connectivity index (χ1n) is 6.77. The molecule has 0 radical (unpaired) electrons. The monoisotopic (exact) mass is 330 g/mol. The largest absolute Gasteiger partial charge is 0.468 e. The molecule has 0 heterocycles. The van der Waals surface area contributed by atoms with Crippen LogP contribution in [0.15, 0.2) is 12.2 Å². The van der Waals surface area contributed by atoms with Gasteiger partial charge in [-0.25, -0.2) is 4.79 Å². The molecule has 0 fully saturated rings. The van der Waals surface area contributed by atoms with Gasteiger partial charge in [-0.3, -0.25) is 14.4 Å². The summed E-state index contributed by atoms with van der Waals surface area (Å²) in [6.07, 6.45) is -0.671. The summed E-state index contributed by atoms with van der Waals surface area (Å²) < 4.78 is 18.5. The first kappa shape index (κ1) is 20.6. The maximum absolute atomic E-state index is 12.0. The van der Waals surface area contributed by atoms with E-state index in [0.717, 1.165) is 21.3 Å². The number of ether oxygens (including phenoxy) is 4. The molecule has 0 spiro atoms. The fourth-order valence-corrected chi connectivity index (χ4v) is 1.73. The van der Waals surface area contributed by atoms with Crippen molar-refractivity contribution in [2.24, 2.45) is 11.3 Å². The van der Waals surface area contributed by atoms with Crippen LogP contribution >= 0.6 is 0 Å². The van der Waals surface area contributed by atoms with Crippen molar-refractivity contribution >= 4 is 23.9 Å². The molecule has 0 saturated carbocycles. The Bertz CT molecular complexity index is 451. The van der Waals surface area contributed by atoms with Crippen molar-refractivity contribution in [3.05, 3.63) is 12.2 Å². The Morgan fingerprint density at radius 2 is 1.30 bits per heavy atom. The zero-order valence-electron chi connectivity index (χ0n) is 14.0. The Balaban J connectivity index is 5.57. The van der Waals surface area contributed by atoms with E-state index >= 15 is 0 Å². The standard InChI is InChI=1S/C15H22O8/c1-9(2)8-23-11(16)10(3)7-15(12(17)20-4,13(18)21-5)14(19)22-6/h9H,3,7-8H2,1-2,4-6H3. The average Bonchev–Trinajstić information content (AvgIpc) is 2.54. The molecule has 0 aromatic rings. The van der Waals surface area contributed by atoms with Crippen LogP contribution in [-0.2, 0) is 38.1 Å². The lowest BCUT2D eigenvalue weighted by molar-refractivity contribution is -0.180. The van der Waals surface area contributed by atoms with Gasteiger partial charge in [0.1, 0.15) is 0 Å². The third kappa shape index (κ3) is 4.80. The molecule has 0 aromatic carbocycles. The predicted molar refractivity (Wildman–Crippen MR) is 78.0 cm³/mol. The molecule has 0 aliphatic heterocycles. The second-order valence-corrected chi connectivity index (χ2v) is 5.15. The first-order valence-corrected chi connectivity index (χ1v) is 6.77. The summed E-state index contributed by atoms with van der Waals surface area (Å²) in [6, 6.07) is 0. The van der Waals surface area contributed by atoms with Gasteiger partial charge in [0, 0.05) is 12.0 Å². The van der Waals surface area contributed by atoms with Crippen molar-refractivity contribution in [1.82, 2.24) is 0 Å². The van der Waals surface area contributed by atoms with Gasteiger partial charge in [0.25, 0.3) is 5.41 Å². The quantitative estimate of drug-likeness (QED) is 0.276. The number of hydrogen-bond donors (Lipinski definition) is 0. The van der Waals surface area contributed by atoms with Gasteiger partial charge in [-0.2, -0.15) is 0 Å². The summed E-state index contributed by atoms with van der Waals surface area (Å²) in [4.78, 5) is 48.0. The minimum atomic E-state index is -2.47. The Morgan fingerprint density at radius 3 is 1.61 bits per heavy atom. The Kier molecular flexibility index (Phi) is 7.99. The topological polar surface area (TPSA) is 105 Å². The fraction of sp³-hybridized carbons (Fsp3) is 0.600. The van der Waals surface area contributed by atoms with Gasteiger partial charge < -0.3 is 18.9 Å². The maximum Gasteiger partial charge on any atom is 0.335 e. The summed E-state index contributed by atoms with van der Waals surface area (Å²) in [5.74, 6) is -4.39. The van der Waals surface area contributed by atoms with Gasteiger partial charge in [0.2, 0.25) is 0 Å². The highest BCUT2D eigenvalue weighted by molar-refractivity contribution is 6.18. The SMILES string of the molecule is C=C(CC(C(=O)OC)(C(=O)OC)C(=O)OC)C(=O)OCC(C)C. The number of methoxy groups -OCH3 is 3. The van der Waals surface area contributed by atoms with Crippen LogP contribution in [0.5, 0.6) is 0 Å². The first-order chi connectivity index (χ1) is 10.7. The minimum Gasteiger partial charge on any atom is -0.468 e. The molecule has 8 heteroatoms. The molecule has 0 aliphatic rings. The summed E-state index contributed by atoms with van der Waals surface area (Å²) in [5.41, 5.74) is -2.72. The molecule has 130 valence electrons. The molecule has 23 heavy (non-hydrogen) atoms. The number of esters is 4. The summed E-state index contributed by atoms with van der Waals surface area (Å²) in [5, 5.41) is 0. The lowest BCUT2D eigenvalue weighted by Crippen LogP contribution is -2.49. The van der Waals surface area contributed by atoms with Gasteiger partial charge in [0.15, 0.2) is 0 Å². The third-order valence-corrected chi connectivity index (χ3v) is 2.92. The van der Waals surface area contributed by atoms with E-state index in [9.17, 15) is 19.2 Å². The van der Waals surface area contributed by atoms with Crippen molar-refractivity contribution in [1.29, 1.82) is 0 Å². The van der Waals surface area contributed by atoms with Crippen LogP contribution in [0.3, 0.4) is 0 Å². The van der Waals surface area contributed by atoms with Crippen LogP contribution in [0.1, 0.15) is 20.3 Å². The summed E-state index contributed by atoms with van der Waals surface area (Å²) in [7, 11) is 2.97. The Morgan fingerprint density at radius 1 is 0.913 bits per heavy atom. The van der Waals surface area contributed by atoms with Crippen LogP contribution in [0.25, 0.3) is 0 Å². The maximum atomic E-state index is 12.0. The highest BCUT2D eigenvalue weighted by atomic mass is 16.6. The summed E-state index contributed by atoms with van der Waals surface area (Å²) >= 11 is 0. The van der Waals surface area contributed by atoms with Crippen LogP contribution in [0.4, 0.5) is 0 Å². The number of rotatable bonds is 8. The zero-order chi connectivity index (χ0) is 18.2. The van der Waals surface area contributed by atoms with Gasteiger partial charge in [0.05, 0.1) is 27.9 Å². The molecule has 0 atom stereocenters. The van der Waals surface area contributed by atoms with Crippen LogP contribution < -0.4 is 0 Å². The second kappa shape index (κ2) is 8.92. The molecule has 0 amide bonds. The number of hydrogen-bond acceptors (Lipinski definition) is 8. The number of carbonyl (C=O) groups is 4. The highest BCUT2D eigenvalue weighted by Crippen LogP contribution is 2.31. The van der Waals surface area contributed by atoms with Crippen molar-refractivity contribution in [3.63, 3.8) is 0 Å². The van der Waals surface area contributed by atoms with E-state index in [4.69, 9.17) is 4.74 Å². The van der Waals surface area contributed by atoms with Crippen molar-refractivity contribution in [2.75, 3.05) is 27.9 Å². The lowest BCUT2D eigenvalue weighted by Gasteiger charge is -2.25. The van der Waals surface area contributed by atoms with Crippen LogP contribution in [0, 0.1) is 11.3 Å². The highest BCUT2D eigenvalue weighted by Gasteiger charge is 2.57. The molecule has 0 unspecified atom stereocenters. The van der Waals surface area contributed by atoms with E-state index in [1.54, 1.807) is 0 Å². The molecular weight excluding hydrogens is 308 g/mol. The third-order valence-electron chi connectivity index (χ3n) is 2.92.